The molecule has 6 heteroatoms. The van der Waals surface area contributed by atoms with Gasteiger partial charge in [0.25, 0.3) is 11.8 Å². The van der Waals surface area contributed by atoms with Crippen LogP contribution >= 0.6 is 0 Å². The van der Waals surface area contributed by atoms with Crippen molar-refractivity contribution in [2.24, 2.45) is 16.9 Å². The summed E-state index contributed by atoms with van der Waals surface area (Å²) in [6.45, 7) is 6.09. The predicted octanol–water partition coefficient (Wildman–Crippen LogP) is 2.90. The maximum absolute atomic E-state index is 12.0. The first-order chi connectivity index (χ1) is 11.5. The van der Waals surface area contributed by atoms with Crippen molar-refractivity contribution >= 4 is 18.0 Å². The summed E-state index contributed by atoms with van der Waals surface area (Å²) in [4.78, 5) is 23.2. The molecule has 1 aromatic rings. The van der Waals surface area contributed by atoms with Gasteiger partial charge in [0.05, 0.1) is 0 Å². The Kier molecular flexibility index (Phi) is 6.26. The van der Waals surface area contributed by atoms with Crippen LogP contribution in [-0.4, -0.2) is 23.2 Å². The minimum absolute atomic E-state index is 0.270. The zero-order valence-corrected chi connectivity index (χ0v) is 13.8. The number of carbonyl (C=O) groups is 2. The van der Waals surface area contributed by atoms with Gasteiger partial charge >= 0.3 is 0 Å². The van der Waals surface area contributed by atoms with Gasteiger partial charge in [-0.25, -0.2) is 10.9 Å². The Bertz CT molecular complexity index is 629. The molecular formula is C18H23N3O3. The van der Waals surface area contributed by atoms with Crippen LogP contribution in [0.15, 0.2) is 41.5 Å². The van der Waals surface area contributed by atoms with E-state index in [1.165, 1.54) is 29.8 Å². The average molecular weight is 329 g/mol. The highest BCUT2D eigenvalue weighted by Crippen LogP contribution is 2.31. The first-order valence-electron chi connectivity index (χ1n) is 8.04. The Morgan fingerprint density at radius 1 is 1.12 bits per heavy atom. The summed E-state index contributed by atoms with van der Waals surface area (Å²) < 4.78 is 0. The Morgan fingerprint density at radius 2 is 1.67 bits per heavy atom. The molecule has 6 nitrogen and oxygen atoms in total. The van der Waals surface area contributed by atoms with E-state index >= 15 is 0 Å². The van der Waals surface area contributed by atoms with E-state index in [4.69, 9.17) is 5.21 Å². The van der Waals surface area contributed by atoms with Crippen LogP contribution in [0.25, 0.3) is 0 Å². The SMILES string of the molecule is C=C(C)C1CCC(/C=N\NC(=O)c2ccc(C(=O)NO)cc2)CC1. The highest BCUT2D eigenvalue weighted by atomic mass is 16.5. The minimum Gasteiger partial charge on any atom is -0.288 e. The molecule has 0 aliphatic heterocycles. The molecule has 1 aliphatic carbocycles. The molecule has 1 aliphatic rings. The molecule has 0 saturated heterocycles. The van der Waals surface area contributed by atoms with Crippen molar-refractivity contribution < 1.29 is 14.8 Å². The number of hydroxylamine groups is 1. The van der Waals surface area contributed by atoms with Gasteiger partial charge in [0.1, 0.15) is 0 Å². The maximum atomic E-state index is 12.0. The summed E-state index contributed by atoms with van der Waals surface area (Å²) in [5.74, 6) is 0.0403. The van der Waals surface area contributed by atoms with E-state index in [1.54, 1.807) is 11.7 Å². The molecule has 128 valence electrons. The van der Waals surface area contributed by atoms with E-state index in [-0.39, 0.29) is 11.5 Å². The fraction of sp³-hybridized carbons (Fsp3) is 0.389. The highest BCUT2D eigenvalue weighted by molar-refractivity contribution is 5.97. The molecule has 1 aromatic carbocycles. The summed E-state index contributed by atoms with van der Waals surface area (Å²) in [7, 11) is 0. The second kappa shape index (κ2) is 8.40. The first-order valence-corrected chi connectivity index (χ1v) is 8.04. The molecule has 0 spiro atoms. The fourth-order valence-electron chi connectivity index (χ4n) is 2.86. The fourth-order valence-corrected chi connectivity index (χ4v) is 2.86. The van der Waals surface area contributed by atoms with Gasteiger partial charge in [-0.05, 0) is 68.7 Å². The van der Waals surface area contributed by atoms with E-state index in [0.717, 1.165) is 25.7 Å². The van der Waals surface area contributed by atoms with E-state index in [2.05, 4.69) is 24.0 Å². The van der Waals surface area contributed by atoms with Gasteiger partial charge in [-0.3, -0.25) is 14.8 Å². The number of hydrazone groups is 1. The van der Waals surface area contributed by atoms with Gasteiger partial charge in [0, 0.05) is 17.3 Å². The monoisotopic (exact) mass is 329 g/mol. The van der Waals surface area contributed by atoms with Gasteiger partial charge in [-0.1, -0.05) is 12.2 Å². The van der Waals surface area contributed by atoms with Crippen LogP contribution in [0.1, 0.15) is 53.3 Å². The third kappa shape index (κ3) is 4.76. The van der Waals surface area contributed by atoms with Crippen molar-refractivity contribution in [2.45, 2.75) is 32.6 Å². The van der Waals surface area contributed by atoms with Gasteiger partial charge in [0.2, 0.25) is 0 Å². The average Bonchev–Trinajstić information content (AvgIpc) is 2.61. The zero-order valence-electron chi connectivity index (χ0n) is 13.8. The van der Waals surface area contributed by atoms with Crippen LogP contribution in [0, 0.1) is 11.8 Å². The smallest absolute Gasteiger partial charge is 0.274 e. The van der Waals surface area contributed by atoms with Crippen LogP contribution < -0.4 is 10.9 Å². The van der Waals surface area contributed by atoms with Crippen molar-refractivity contribution in [3.05, 3.63) is 47.5 Å². The summed E-state index contributed by atoms with van der Waals surface area (Å²) in [6, 6.07) is 5.94. The number of allylic oxidation sites excluding steroid dienone is 1. The maximum Gasteiger partial charge on any atom is 0.274 e. The predicted molar refractivity (Wildman–Crippen MR) is 91.9 cm³/mol. The summed E-state index contributed by atoms with van der Waals surface area (Å²) in [5.41, 5.74) is 5.96. The topological polar surface area (TPSA) is 90.8 Å². The number of carbonyl (C=O) groups excluding carboxylic acids is 2. The van der Waals surface area contributed by atoms with Crippen molar-refractivity contribution in [3.8, 4) is 0 Å². The molecule has 1 fully saturated rings. The van der Waals surface area contributed by atoms with Gasteiger partial charge in [-0.15, -0.1) is 0 Å². The molecule has 2 rings (SSSR count). The summed E-state index contributed by atoms with van der Waals surface area (Å²) in [6.07, 6.45) is 6.16. The first kappa shape index (κ1) is 17.9. The Morgan fingerprint density at radius 3 is 2.17 bits per heavy atom. The van der Waals surface area contributed by atoms with Crippen LogP contribution in [0.3, 0.4) is 0 Å². The lowest BCUT2D eigenvalue weighted by Crippen LogP contribution is -2.21. The normalized spacial score (nSPS) is 20.6. The summed E-state index contributed by atoms with van der Waals surface area (Å²) in [5, 5.41) is 12.6. The van der Waals surface area contributed by atoms with Crippen molar-refractivity contribution in [3.63, 3.8) is 0 Å². The molecule has 0 atom stereocenters. The largest absolute Gasteiger partial charge is 0.288 e. The number of hydrogen-bond acceptors (Lipinski definition) is 4. The third-order valence-corrected chi connectivity index (χ3v) is 4.43. The zero-order chi connectivity index (χ0) is 17.5. The second-order valence-electron chi connectivity index (χ2n) is 6.20. The molecule has 24 heavy (non-hydrogen) atoms. The Labute approximate surface area is 141 Å². The Hall–Kier alpha value is -2.47. The van der Waals surface area contributed by atoms with Crippen LogP contribution in [0.5, 0.6) is 0 Å². The molecule has 3 N–H and O–H groups in total. The number of nitrogens with zero attached hydrogens (tertiary/aromatic N) is 1. The number of hydrogen-bond donors (Lipinski definition) is 3. The Balaban J connectivity index is 1.82. The molecule has 0 unspecified atom stereocenters. The molecule has 0 radical (unpaired) electrons. The summed E-state index contributed by atoms with van der Waals surface area (Å²) >= 11 is 0. The number of benzene rings is 1. The molecule has 1 saturated carbocycles. The lowest BCUT2D eigenvalue weighted by Gasteiger charge is -2.26. The molecule has 0 heterocycles. The van der Waals surface area contributed by atoms with E-state index in [1.807, 2.05) is 0 Å². The van der Waals surface area contributed by atoms with E-state index < -0.39 is 5.91 Å². The third-order valence-electron chi connectivity index (χ3n) is 4.43. The van der Waals surface area contributed by atoms with Gasteiger partial charge in [-0.2, -0.15) is 5.10 Å². The van der Waals surface area contributed by atoms with Gasteiger partial charge < -0.3 is 0 Å². The van der Waals surface area contributed by atoms with E-state index in [9.17, 15) is 9.59 Å². The number of amides is 2. The minimum atomic E-state index is -0.620. The number of rotatable bonds is 5. The van der Waals surface area contributed by atoms with Crippen LogP contribution in [0.2, 0.25) is 0 Å². The number of nitrogens with one attached hydrogen (secondary N) is 2. The van der Waals surface area contributed by atoms with Crippen molar-refractivity contribution in [2.75, 3.05) is 0 Å². The standard InChI is InChI=1S/C18H23N3O3/c1-12(2)14-5-3-13(4-6-14)11-19-20-17(22)15-7-9-16(10-8-15)18(23)21-24/h7-11,13-14,24H,1,3-6H2,2H3,(H,20,22)(H,21,23)/b19-11-. The molecule has 0 aromatic heterocycles. The van der Waals surface area contributed by atoms with E-state index in [0.29, 0.717) is 17.4 Å². The lowest BCUT2D eigenvalue weighted by molar-refractivity contribution is 0.0706. The lowest BCUT2D eigenvalue weighted by atomic mass is 9.80. The quantitative estimate of drug-likeness (QED) is 0.336. The highest BCUT2D eigenvalue weighted by Gasteiger charge is 2.20. The van der Waals surface area contributed by atoms with Crippen LogP contribution in [0.4, 0.5) is 0 Å². The van der Waals surface area contributed by atoms with Crippen molar-refractivity contribution in [1.82, 2.24) is 10.9 Å². The second-order valence-corrected chi connectivity index (χ2v) is 6.20. The molecular weight excluding hydrogens is 306 g/mol. The van der Waals surface area contributed by atoms with Crippen molar-refractivity contribution in [1.29, 1.82) is 0 Å². The molecule has 2 amide bonds. The van der Waals surface area contributed by atoms with Gasteiger partial charge in [0.15, 0.2) is 0 Å². The molecule has 0 bridgehead atoms. The van der Waals surface area contributed by atoms with Crippen LogP contribution in [-0.2, 0) is 0 Å².